The van der Waals surface area contributed by atoms with E-state index in [2.05, 4.69) is 31.9 Å². The van der Waals surface area contributed by atoms with Crippen LogP contribution < -0.4 is 0 Å². The lowest BCUT2D eigenvalue weighted by Crippen LogP contribution is -2.33. The number of hydrogen-bond acceptors (Lipinski definition) is 5. The van der Waals surface area contributed by atoms with E-state index in [1.54, 1.807) is 18.2 Å². The van der Waals surface area contributed by atoms with Gasteiger partial charge in [0.1, 0.15) is 16.6 Å². The van der Waals surface area contributed by atoms with Gasteiger partial charge in [-0.2, -0.15) is 0 Å². The zero-order valence-electron chi connectivity index (χ0n) is 10.2. The topological polar surface area (TPSA) is 77.8 Å². The van der Waals surface area contributed by atoms with Gasteiger partial charge in [-0.15, -0.1) is 0 Å². The second-order valence-electron chi connectivity index (χ2n) is 3.99. The van der Waals surface area contributed by atoms with Crippen LogP contribution in [0.15, 0.2) is 26.0 Å². The summed E-state index contributed by atoms with van der Waals surface area (Å²) in [7, 11) is 0. The maximum absolute atomic E-state index is 12.1. The van der Waals surface area contributed by atoms with Crippen LogP contribution in [0.4, 0.5) is 0 Å². The number of carboxylic acid groups (broad SMARTS) is 1. The molecule has 1 amide bonds. The number of nitrogens with zero attached hydrogens (tertiary/aromatic N) is 1. The molecular weight excluding hydrogens is 446 g/mol. The Morgan fingerprint density at radius 2 is 1.95 bits per heavy atom. The molecule has 0 spiro atoms. The molecule has 9 heteroatoms. The van der Waals surface area contributed by atoms with Crippen molar-refractivity contribution in [1.29, 1.82) is 0 Å². The van der Waals surface area contributed by atoms with Crippen LogP contribution in [-0.2, 0) is 9.59 Å². The van der Waals surface area contributed by atoms with E-state index < -0.39 is 18.4 Å². The molecule has 2 N–H and O–H groups in total. The summed E-state index contributed by atoms with van der Waals surface area (Å²) in [6.45, 7) is -0.453. The number of thiocarbonyl (C=S) groups is 1. The third kappa shape index (κ3) is 3.65. The number of carbonyl (C=O) groups is 2. The molecule has 5 nitrogen and oxygen atoms in total. The van der Waals surface area contributed by atoms with Crippen LogP contribution in [0.25, 0.3) is 6.08 Å². The zero-order chi connectivity index (χ0) is 15.7. The van der Waals surface area contributed by atoms with Gasteiger partial charge in [-0.05, 0) is 55.6 Å². The smallest absolute Gasteiger partial charge is 0.323 e. The predicted molar refractivity (Wildman–Crippen MR) is 91.0 cm³/mol. The van der Waals surface area contributed by atoms with Gasteiger partial charge < -0.3 is 10.2 Å². The van der Waals surface area contributed by atoms with E-state index in [4.69, 9.17) is 17.3 Å². The maximum atomic E-state index is 12.1. The summed E-state index contributed by atoms with van der Waals surface area (Å²) in [5, 5.41) is 18.4. The van der Waals surface area contributed by atoms with Crippen LogP contribution in [0, 0.1) is 0 Å². The highest BCUT2D eigenvalue weighted by atomic mass is 79.9. The molecule has 0 radical (unpaired) electrons. The van der Waals surface area contributed by atoms with Gasteiger partial charge >= 0.3 is 5.97 Å². The highest BCUT2D eigenvalue weighted by molar-refractivity contribution is 9.11. The van der Waals surface area contributed by atoms with Crippen molar-refractivity contribution in [2.75, 3.05) is 6.54 Å². The summed E-state index contributed by atoms with van der Waals surface area (Å²) < 4.78 is 1.17. The van der Waals surface area contributed by atoms with Crippen molar-refractivity contribution < 1.29 is 19.8 Å². The molecule has 1 aliphatic rings. The summed E-state index contributed by atoms with van der Waals surface area (Å²) in [5.41, 5.74) is 0.669. The standard InChI is InChI=1S/C12H7Br2NO4S2/c13-6-1-5(2-7(14)10(6)18)3-8-11(19)15(4-9(16)17)12(20)21-8/h1-3,18H,4H2,(H,16,17)/b8-3-. The lowest BCUT2D eigenvalue weighted by molar-refractivity contribution is -0.140. The number of phenols is 1. The number of carboxylic acids is 1. The number of benzene rings is 1. The Balaban J connectivity index is 2.33. The van der Waals surface area contributed by atoms with Gasteiger partial charge in [0.05, 0.1) is 13.9 Å². The normalized spacial score (nSPS) is 16.9. The zero-order valence-corrected chi connectivity index (χ0v) is 15.0. The molecule has 0 unspecified atom stereocenters. The number of halogens is 2. The molecule has 0 atom stereocenters. The summed E-state index contributed by atoms with van der Waals surface area (Å²) in [4.78, 5) is 24.2. The van der Waals surface area contributed by atoms with Gasteiger partial charge in [0.15, 0.2) is 0 Å². The maximum Gasteiger partial charge on any atom is 0.323 e. The van der Waals surface area contributed by atoms with E-state index in [0.717, 1.165) is 16.7 Å². The van der Waals surface area contributed by atoms with Crippen molar-refractivity contribution in [3.05, 3.63) is 31.5 Å². The molecule has 1 fully saturated rings. The van der Waals surface area contributed by atoms with Gasteiger partial charge in [-0.25, -0.2) is 0 Å². The van der Waals surface area contributed by atoms with Crippen molar-refractivity contribution in [3.8, 4) is 5.75 Å². The second-order valence-corrected chi connectivity index (χ2v) is 7.38. The number of thioether (sulfide) groups is 1. The molecule has 1 aromatic rings. The summed E-state index contributed by atoms with van der Waals surface area (Å²) in [6, 6.07) is 3.29. The molecule has 1 aromatic carbocycles. The van der Waals surface area contributed by atoms with E-state index in [9.17, 15) is 14.7 Å². The van der Waals surface area contributed by atoms with Crippen LogP contribution in [0.1, 0.15) is 5.56 Å². The van der Waals surface area contributed by atoms with Crippen molar-refractivity contribution in [2.24, 2.45) is 0 Å². The highest BCUT2D eigenvalue weighted by Crippen LogP contribution is 2.36. The number of aliphatic carboxylic acids is 1. The fourth-order valence-electron chi connectivity index (χ4n) is 1.59. The average molecular weight is 453 g/mol. The number of amides is 1. The van der Waals surface area contributed by atoms with Crippen molar-refractivity contribution in [3.63, 3.8) is 0 Å². The van der Waals surface area contributed by atoms with Gasteiger partial charge in [-0.1, -0.05) is 24.0 Å². The van der Waals surface area contributed by atoms with Crippen molar-refractivity contribution >= 4 is 78.1 Å². The molecule has 0 bridgehead atoms. The van der Waals surface area contributed by atoms with Crippen LogP contribution in [-0.4, -0.2) is 37.9 Å². The van der Waals surface area contributed by atoms with Crippen LogP contribution in [0.3, 0.4) is 0 Å². The molecular formula is C12H7Br2NO4S2. The SMILES string of the molecule is O=C(O)CN1C(=O)/C(=C/c2cc(Br)c(O)c(Br)c2)SC1=S. The number of carbonyl (C=O) groups excluding carboxylic acids is 1. The highest BCUT2D eigenvalue weighted by Gasteiger charge is 2.33. The quantitative estimate of drug-likeness (QED) is 0.541. The van der Waals surface area contributed by atoms with E-state index in [1.165, 1.54) is 0 Å². The largest absolute Gasteiger partial charge is 0.506 e. The van der Waals surface area contributed by atoms with Crippen LogP contribution >= 0.6 is 55.8 Å². The van der Waals surface area contributed by atoms with Crippen molar-refractivity contribution in [2.45, 2.75) is 0 Å². The first-order chi connectivity index (χ1) is 9.79. The minimum Gasteiger partial charge on any atom is -0.506 e. The minimum atomic E-state index is -1.12. The van der Waals surface area contributed by atoms with Gasteiger partial charge in [0.2, 0.25) is 0 Å². The molecule has 0 aliphatic carbocycles. The van der Waals surface area contributed by atoms with Gasteiger partial charge in [-0.3, -0.25) is 14.5 Å². The molecule has 1 saturated heterocycles. The van der Waals surface area contributed by atoms with Crippen LogP contribution in [0.5, 0.6) is 5.75 Å². The Kier molecular flexibility index (Phi) is 5.07. The molecule has 1 heterocycles. The van der Waals surface area contributed by atoms with E-state index in [0.29, 0.717) is 19.4 Å². The summed E-state index contributed by atoms with van der Waals surface area (Å²) >= 11 is 12.5. The van der Waals surface area contributed by atoms with Crippen molar-refractivity contribution in [1.82, 2.24) is 4.90 Å². The number of phenolic OH excluding ortho intramolecular Hbond substituents is 1. The first-order valence-electron chi connectivity index (χ1n) is 5.44. The fraction of sp³-hybridized carbons (Fsp3) is 0.0833. The average Bonchev–Trinajstić information content (AvgIpc) is 2.63. The predicted octanol–water partition coefficient (Wildman–Crippen LogP) is 3.20. The summed E-state index contributed by atoms with van der Waals surface area (Å²) in [6.07, 6.45) is 1.59. The Labute approximate surface area is 146 Å². The number of hydrogen-bond donors (Lipinski definition) is 2. The van der Waals surface area contributed by atoms with E-state index >= 15 is 0 Å². The molecule has 21 heavy (non-hydrogen) atoms. The molecule has 0 saturated carbocycles. The van der Waals surface area contributed by atoms with Gasteiger partial charge in [0, 0.05) is 0 Å². The molecule has 1 aliphatic heterocycles. The number of rotatable bonds is 3. The van der Waals surface area contributed by atoms with E-state index in [-0.39, 0.29) is 10.1 Å². The van der Waals surface area contributed by atoms with Gasteiger partial charge in [0.25, 0.3) is 5.91 Å². The Bertz CT molecular complexity index is 667. The minimum absolute atomic E-state index is 0.0607. The fourth-order valence-corrected chi connectivity index (χ4v) is 4.07. The molecule has 110 valence electrons. The first kappa shape index (κ1) is 16.5. The lowest BCUT2D eigenvalue weighted by atomic mass is 10.2. The Hall–Kier alpha value is -0.900. The Morgan fingerprint density at radius 1 is 1.38 bits per heavy atom. The third-order valence-corrected chi connectivity index (χ3v) is 5.09. The molecule has 2 rings (SSSR count). The number of aromatic hydroxyl groups is 1. The first-order valence-corrected chi connectivity index (χ1v) is 8.26. The summed E-state index contributed by atoms with van der Waals surface area (Å²) in [5.74, 6) is -1.50. The monoisotopic (exact) mass is 451 g/mol. The second kappa shape index (κ2) is 6.47. The Morgan fingerprint density at radius 3 is 2.48 bits per heavy atom. The van der Waals surface area contributed by atoms with E-state index in [1.807, 2.05) is 0 Å². The van der Waals surface area contributed by atoms with Crippen LogP contribution in [0.2, 0.25) is 0 Å². The molecule has 0 aromatic heterocycles. The third-order valence-electron chi connectivity index (χ3n) is 2.50. The lowest BCUT2D eigenvalue weighted by Gasteiger charge is -2.10.